The first kappa shape index (κ1) is 44.2. The molecule has 5 fully saturated rings. The van der Waals surface area contributed by atoms with E-state index in [2.05, 4.69) is 10.3 Å². The molecule has 2 aromatic rings. The van der Waals surface area contributed by atoms with Crippen molar-refractivity contribution in [2.24, 2.45) is 22.7 Å². The molecule has 2 saturated heterocycles. The van der Waals surface area contributed by atoms with Gasteiger partial charge in [0.15, 0.2) is 17.5 Å². The van der Waals surface area contributed by atoms with Crippen molar-refractivity contribution in [1.29, 1.82) is 0 Å². The second-order valence-electron chi connectivity index (χ2n) is 20.3. The van der Waals surface area contributed by atoms with Crippen molar-refractivity contribution in [3.8, 4) is 0 Å². The first-order valence-electron chi connectivity index (χ1n) is 21.7. The fraction of sp³-hybridized carbons (Fsp3) is 0.638. The van der Waals surface area contributed by atoms with Gasteiger partial charge in [0.05, 0.1) is 36.2 Å². The minimum atomic E-state index is -2.05. The normalized spacial score (nSPS) is 35.2. The number of esters is 3. The van der Waals surface area contributed by atoms with Crippen molar-refractivity contribution in [3.05, 3.63) is 77.1 Å². The summed E-state index contributed by atoms with van der Waals surface area (Å²) in [4.78, 5) is 59.8. The number of nitrogens with one attached hydrogen (secondary N) is 1. The number of rotatable bonds is 9. The van der Waals surface area contributed by atoms with Crippen LogP contribution < -0.4 is 5.32 Å². The third kappa shape index (κ3) is 7.50. The second-order valence-corrected chi connectivity index (χ2v) is 20.3. The van der Waals surface area contributed by atoms with E-state index in [0.29, 0.717) is 42.4 Å². The van der Waals surface area contributed by atoms with Gasteiger partial charge in [-0.2, -0.15) is 0 Å². The van der Waals surface area contributed by atoms with Gasteiger partial charge in [0.1, 0.15) is 35.6 Å². The van der Waals surface area contributed by atoms with E-state index in [1.54, 1.807) is 70.2 Å². The maximum atomic E-state index is 14.5. The van der Waals surface area contributed by atoms with Gasteiger partial charge in [-0.05, 0) is 108 Å². The average Bonchev–Trinajstić information content (AvgIpc) is 4.00. The molecule has 4 aliphatic carbocycles. The van der Waals surface area contributed by atoms with Crippen LogP contribution in [0, 0.1) is 22.7 Å². The number of pyridine rings is 1. The molecule has 15 nitrogen and oxygen atoms in total. The summed E-state index contributed by atoms with van der Waals surface area (Å²) in [5.41, 5.74) is -4.75. The summed E-state index contributed by atoms with van der Waals surface area (Å²) in [6, 6.07) is 10.2. The smallest absolute Gasteiger partial charge is 0.408 e. The van der Waals surface area contributed by atoms with Gasteiger partial charge >= 0.3 is 24.0 Å². The van der Waals surface area contributed by atoms with E-state index in [1.165, 1.54) is 12.4 Å². The van der Waals surface area contributed by atoms with Crippen LogP contribution in [-0.2, 0) is 42.7 Å². The molecule has 6 aliphatic rings. The number of hydrogen-bond acceptors (Lipinski definition) is 14. The fourth-order valence-electron chi connectivity index (χ4n) is 10.9. The number of aliphatic hydroxyl groups is 2. The standard InChI is InChI=1S/C47H60N2O13/c1-25-29(57-40(53)33(50)32(26-18-21-48-22-19-26)49-41(54)62-42(2,3)4)23-47(55)37(58-38(51)27-13-11-10-12-14-27)35-45(9,36-34(31(25)43(47,5)6)59-44(7,8)60-36)20-17-30-46(35,24-56-30)61-39(52)28-15-16-28/h10-14,18-19,21-22,28-30,32-37,50,55H,15-17,20,23-24H2,1-9H3,(H,49,54)/t29-,30+,32-,33+,34+,35-,36+,37-,45+,46-,47+/m0/s1. The fourth-order valence-corrected chi connectivity index (χ4v) is 10.9. The highest BCUT2D eigenvalue weighted by atomic mass is 16.8. The Labute approximate surface area is 362 Å². The third-order valence-corrected chi connectivity index (χ3v) is 14.2. The first-order valence-corrected chi connectivity index (χ1v) is 21.7. The molecular formula is C47H60N2O13. The van der Waals surface area contributed by atoms with Gasteiger partial charge < -0.3 is 48.7 Å². The van der Waals surface area contributed by atoms with E-state index >= 15 is 0 Å². The van der Waals surface area contributed by atoms with E-state index in [1.807, 2.05) is 34.6 Å². The molecule has 0 spiro atoms. The van der Waals surface area contributed by atoms with Crippen LogP contribution in [0.2, 0.25) is 0 Å². The van der Waals surface area contributed by atoms with Crippen LogP contribution in [0.5, 0.6) is 0 Å². The highest BCUT2D eigenvalue weighted by Gasteiger charge is 2.77. The lowest BCUT2D eigenvalue weighted by Gasteiger charge is -2.68. The largest absolute Gasteiger partial charge is 0.456 e. The van der Waals surface area contributed by atoms with Crippen LogP contribution in [0.3, 0.4) is 0 Å². The monoisotopic (exact) mass is 860 g/mol. The summed E-state index contributed by atoms with van der Waals surface area (Å²) in [6.45, 7) is 16.2. The van der Waals surface area contributed by atoms with Gasteiger partial charge in [-0.25, -0.2) is 14.4 Å². The van der Waals surface area contributed by atoms with E-state index in [4.69, 9.17) is 33.2 Å². The lowest BCUT2D eigenvalue weighted by Crippen LogP contribution is -2.80. The third-order valence-electron chi connectivity index (χ3n) is 14.2. The minimum Gasteiger partial charge on any atom is -0.456 e. The Morgan fingerprint density at radius 3 is 2.23 bits per heavy atom. The van der Waals surface area contributed by atoms with Crippen molar-refractivity contribution < 1.29 is 62.5 Å². The number of carbonyl (C=O) groups is 4. The van der Waals surface area contributed by atoms with Gasteiger partial charge in [-0.3, -0.25) is 9.78 Å². The summed E-state index contributed by atoms with van der Waals surface area (Å²) in [6.07, 6.45) is -2.57. The van der Waals surface area contributed by atoms with Crippen molar-refractivity contribution in [1.82, 2.24) is 10.3 Å². The molecule has 1 aromatic heterocycles. The summed E-state index contributed by atoms with van der Waals surface area (Å²) in [5, 5.41) is 28.3. The number of benzene rings is 1. The number of hydrogen-bond donors (Lipinski definition) is 3. The Balaban J connectivity index is 1.26. The van der Waals surface area contributed by atoms with Crippen LogP contribution in [0.4, 0.5) is 4.79 Å². The molecule has 1 aromatic carbocycles. The van der Waals surface area contributed by atoms with Gasteiger partial charge in [-0.1, -0.05) is 39.0 Å². The van der Waals surface area contributed by atoms with E-state index in [9.17, 15) is 29.4 Å². The van der Waals surface area contributed by atoms with Crippen LogP contribution in [-0.4, -0.2) is 105 Å². The molecule has 8 rings (SSSR count). The second kappa shape index (κ2) is 15.4. The topological polar surface area (TPSA) is 198 Å². The molecule has 336 valence electrons. The molecule has 62 heavy (non-hydrogen) atoms. The van der Waals surface area contributed by atoms with Crippen molar-refractivity contribution in [3.63, 3.8) is 0 Å². The Kier molecular flexibility index (Phi) is 11.0. The summed E-state index contributed by atoms with van der Waals surface area (Å²) in [5.74, 6) is -4.50. The molecule has 3 N–H and O–H groups in total. The maximum absolute atomic E-state index is 14.5. The molecule has 2 bridgehead atoms. The Bertz CT molecular complexity index is 2120. The zero-order chi connectivity index (χ0) is 44.8. The molecule has 2 aliphatic heterocycles. The van der Waals surface area contributed by atoms with Crippen LogP contribution in [0.1, 0.15) is 116 Å². The molecule has 3 saturated carbocycles. The van der Waals surface area contributed by atoms with Gasteiger partial charge in [0, 0.05) is 29.6 Å². The number of amides is 1. The highest BCUT2D eigenvalue weighted by Crippen LogP contribution is 2.67. The van der Waals surface area contributed by atoms with Crippen LogP contribution in [0.25, 0.3) is 0 Å². The average molecular weight is 861 g/mol. The van der Waals surface area contributed by atoms with Crippen molar-refractivity contribution in [2.45, 2.75) is 160 Å². The van der Waals surface area contributed by atoms with Gasteiger partial charge in [0.25, 0.3) is 0 Å². The maximum Gasteiger partial charge on any atom is 0.408 e. The zero-order valence-electron chi connectivity index (χ0n) is 37.0. The number of aliphatic hydroxyl groups excluding tert-OH is 1. The summed E-state index contributed by atoms with van der Waals surface area (Å²) in [7, 11) is 0. The van der Waals surface area contributed by atoms with Gasteiger partial charge in [0.2, 0.25) is 0 Å². The van der Waals surface area contributed by atoms with Gasteiger partial charge in [-0.15, -0.1) is 0 Å². The SMILES string of the molecule is CC1=C2[C@H]3OC(C)(C)O[C@H]3[C@]3(C)CC[C@H]4OC[C@@]4(OC(=O)C4CC4)[C@H]3[C@H](OC(=O)c3ccccc3)[C@](O)(C[C@@H]1OC(=O)[C@H](O)[C@@H](NC(=O)OC(C)(C)C)c1ccncc1)C2(C)C. The van der Waals surface area contributed by atoms with E-state index < -0.39 is 100 Å². The van der Waals surface area contributed by atoms with Crippen molar-refractivity contribution in [2.75, 3.05) is 6.61 Å². The Morgan fingerprint density at radius 1 is 0.935 bits per heavy atom. The highest BCUT2D eigenvalue weighted by molar-refractivity contribution is 5.89. The number of carbonyl (C=O) groups excluding carboxylic acids is 4. The molecule has 15 heteroatoms. The first-order chi connectivity index (χ1) is 29.0. The molecule has 0 unspecified atom stereocenters. The Morgan fingerprint density at radius 2 is 1.61 bits per heavy atom. The number of nitrogens with zero attached hydrogens (tertiary/aromatic N) is 1. The predicted octanol–water partition coefficient (Wildman–Crippen LogP) is 5.66. The molecular weight excluding hydrogens is 801 g/mol. The zero-order valence-corrected chi connectivity index (χ0v) is 37.0. The number of alkyl carbamates (subject to hydrolysis) is 1. The van der Waals surface area contributed by atoms with E-state index in [0.717, 1.165) is 0 Å². The van der Waals surface area contributed by atoms with Crippen molar-refractivity contribution >= 4 is 24.0 Å². The summed E-state index contributed by atoms with van der Waals surface area (Å²) >= 11 is 0. The molecule has 3 heterocycles. The number of aromatic nitrogens is 1. The summed E-state index contributed by atoms with van der Waals surface area (Å²) < 4.78 is 45.1. The minimum absolute atomic E-state index is 0.00128. The lowest BCUT2D eigenvalue weighted by molar-refractivity contribution is -0.347. The Hall–Kier alpha value is -4.41. The quantitative estimate of drug-likeness (QED) is 0.159. The lowest BCUT2D eigenvalue weighted by atomic mass is 9.45. The van der Waals surface area contributed by atoms with Crippen LogP contribution >= 0.6 is 0 Å². The number of fused-ring (bicyclic) bond motifs is 8. The predicted molar refractivity (Wildman–Crippen MR) is 220 cm³/mol. The number of ether oxygens (including phenoxy) is 7. The van der Waals surface area contributed by atoms with Crippen LogP contribution in [0.15, 0.2) is 66.0 Å². The molecule has 11 atom stereocenters. The van der Waals surface area contributed by atoms with E-state index in [-0.39, 0.29) is 30.5 Å². The molecule has 0 radical (unpaired) electrons. The molecule has 1 amide bonds.